The van der Waals surface area contributed by atoms with E-state index < -0.39 is 10.0 Å². The van der Waals surface area contributed by atoms with Gasteiger partial charge in [-0.25, -0.2) is 18.1 Å². The molecular weight excluding hydrogens is 290 g/mol. The number of nitrogens with zero attached hydrogens (tertiary/aromatic N) is 3. The summed E-state index contributed by atoms with van der Waals surface area (Å²) in [7, 11) is -1.88. The molecule has 0 amide bonds. The van der Waals surface area contributed by atoms with Gasteiger partial charge in [0.1, 0.15) is 11.2 Å². The van der Waals surface area contributed by atoms with Gasteiger partial charge < -0.3 is 5.73 Å². The van der Waals surface area contributed by atoms with Gasteiger partial charge in [-0.3, -0.25) is 4.68 Å². The van der Waals surface area contributed by atoms with Crippen molar-refractivity contribution in [1.82, 2.24) is 19.5 Å². The molecule has 0 saturated heterocycles. The van der Waals surface area contributed by atoms with Gasteiger partial charge in [0.15, 0.2) is 5.82 Å². The Bertz CT molecular complexity index is 752. The summed E-state index contributed by atoms with van der Waals surface area (Å²) in [6, 6.07) is 3.56. The van der Waals surface area contributed by atoms with Gasteiger partial charge in [0, 0.05) is 20.0 Å². The Morgan fingerprint density at radius 3 is 2.57 bits per heavy atom. The Morgan fingerprint density at radius 1 is 1.29 bits per heavy atom. The molecule has 0 aliphatic carbocycles. The van der Waals surface area contributed by atoms with E-state index in [1.807, 2.05) is 6.07 Å². The lowest BCUT2D eigenvalue weighted by Gasteiger charge is -2.13. The van der Waals surface area contributed by atoms with Gasteiger partial charge in [-0.2, -0.15) is 5.10 Å². The highest BCUT2D eigenvalue weighted by molar-refractivity contribution is 7.89. The van der Waals surface area contributed by atoms with E-state index in [0.717, 1.165) is 5.56 Å². The molecule has 0 bridgehead atoms. The van der Waals surface area contributed by atoms with Crippen LogP contribution in [0.4, 0.5) is 5.69 Å². The summed E-state index contributed by atoms with van der Waals surface area (Å²) in [4.78, 5) is 4.20. The molecule has 0 unspecified atom stereocenters. The molecule has 1 heterocycles. The normalized spacial score (nSPS) is 11.8. The molecule has 0 radical (unpaired) electrons. The maximum absolute atomic E-state index is 12.4. The van der Waals surface area contributed by atoms with Crippen LogP contribution in [0.2, 0.25) is 0 Å². The van der Waals surface area contributed by atoms with Gasteiger partial charge in [-0.1, -0.05) is 12.1 Å². The SMILES string of the molecule is Cc1ccc(C)c(S(=O)(=O)NCCc2ncn(C)n2)c1N. The summed E-state index contributed by atoms with van der Waals surface area (Å²) in [5.41, 5.74) is 7.57. The molecule has 3 N–H and O–H groups in total. The first-order valence-electron chi connectivity index (χ1n) is 6.51. The zero-order chi connectivity index (χ0) is 15.6. The summed E-state index contributed by atoms with van der Waals surface area (Å²) in [5.74, 6) is 0.592. The Balaban J connectivity index is 2.14. The number of aromatic nitrogens is 3. The first kappa shape index (κ1) is 15.5. The Labute approximate surface area is 124 Å². The summed E-state index contributed by atoms with van der Waals surface area (Å²) >= 11 is 0. The van der Waals surface area contributed by atoms with Crippen LogP contribution in [0.15, 0.2) is 23.4 Å². The standard InChI is InChI=1S/C13H19N5O2S/c1-9-4-5-10(2)13(12(9)14)21(19,20)16-7-6-11-15-8-18(3)17-11/h4-5,8,16H,6-7,14H2,1-3H3. The van der Waals surface area contributed by atoms with E-state index in [2.05, 4.69) is 14.8 Å². The summed E-state index contributed by atoms with van der Waals surface area (Å²) in [6.07, 6.45) is 2.00. The number of anilines is 1. The molecule has 21 heavy (non-hydrogen) atoms. The lowest BCUT2D eigenvalue weighted by Crippen LogP contribution is -2.28. The van der Waals surface area contributed by atoms with Crippen molar-refractivity contribution in [3.05, 3.63) is 35.4 Å². The highest BCUT2D eigenvalue weighted by Gasteiger charge is 2.20. The molecule has 0 aliphatic heterocycles. The van der Waals surface area contributed by atoms with E-state index in [1.54, 1.807) is 38.0 Å². The molecule has 7 nitrogen and oxygen atoms in total. The zero-order valence-corrected chi connectivity index (χ0v) is 13.1. The molecule has 1 aromatic carbocycles. The Kier molecular flexibility index (Phi) is 4.29. The van der Waals surface area contributed by atoms with Crippen LogP contribution < -0.4 is 10.5 Å². The second-order valence-corrected chi connectivity index (χ2v) is 6.63. The lowest BCUT2D eigenvalue weighted by molar-refractivity contribution is 0.580. The number of hydrogen-bond donors (Lipinski definition) is 2. The van der Waals surface area contributed by atoms with E-state index in [1.165, 1.54) is 0 Å². The molecule has 114 valence electrons. The van der Waals surface area contributed by atoms with Crippen LogP contribution in [0.25, 0.3) is 0 Å². The Hall–Kier alpha value is -1.93. The van der Waals surface area contributed by atoms with Crippen LogP contribution in [0.1, 0.15) is 17.0 Å². The molecule has 0 aliphatic rings. The van der Waals surface area contributed by atoms with Gasteiger partial charge >= 0.3 is 0 Å². The van der Waals surface area contributed by atoms with Crippen molar-refractivity contribution in [1.29, 1.82) is 0 Å². The van der Waals surface area contributed by atoms with Crippen LogP contribution in [0, 0.1) is 13.8 Å². The first-order chi connectivity index (χ1) is 9.81. The molecule has 0 atom stereocenters. The fourth-order valence-corrected chi connectivity index (χ4v) is 3.49. The molecule has 2 rings (SSSR count). The topological polar surface area (TPSA) is 103 Å². The van der Waals surface area contributed by atoms with Crippen molar-refractivity contribution in [3.8, 4) is 0 Å². The van der Waals surface area contributed by atoms with E-state index in [0.29, 0.717) is 23.5 Å². The number of rotatable bonds is 5. The van der Waals surface area contributed by atoms with Gasteiger partial charge in [-0.15, -0.1) is 0 Å². The van der Waals surface area contributed by atoms with Gasteiger partial charge in [0.25, 0.3) is 0 Å². The van der Waals surface area contributed by atoms with Crippen LogP contribution in [0.3, 0.4) is 0 Å². The van der Waals surface area contributed by atoms with E-state index in [4.69, 9.17) is 5.73 Å². The first-order valence-corrected chi connectivity index (χ1v) is 7.99. The number of sulfonamides is 1. The van der Waals surface area contributed by atoms with Crippen LogP contribution in [0.5, 0.6) is 0 Å². The second-order valence-electron chi connectivity index (χ2n) is 4.92. The third kappa shape index (κ3) is 3.40. The molecule has 8 heteroatoms. The number of nitrogens with two attached hydrogens (primary N) is 1. The minimum atomic E-state index is -3.64. The van der Waals surface area contributed by atoms with Crippen molar-refractivity contribution >= 4 is 15.7 Å². The third-order valence-corrected chi connectivity index (χ3v) is 4.83. The van der Waals surface area contributed by atoms with Crippen LogP contribution in [-0.4, -0.2) is 29.7 Å². The maximum atomic E-state index is 12.4. The predicted octanol–water partition coefficient (Wildman–Crippen LogP) is 0.535. The number of hydrogen-bond acceptors (Lipinski definition) is 5. The van der Waals surface area contributed by atoms with Crippen molar-refractivity contribution in [3.63, 3.8) is 0 Å². The number of aryl methyl sites for hydroxylation is 3. The third-order valence-electron chi connectivity index (χ3n) is 3.17. The maximum Gasteiger partial charge on any atom is 0.242 e. The van der Waals surface area contributed by atoms with Crippen molar-refractivity contribution in [2.24, 2.45) is 7.05 Å². The smallest absolute Gasteiger partial charge is 0.242 e. The van der Waals surface area contributed by atoms with E-state index in [9.17, 15) is 8.42 Å². The second kappa shape index (κ2) is 5.82. The summed E-state index contributed by atoms with van der Waals surface area (Å²) in [5, 5.41) is 4.10. The molecule has 0 saturated carbocycles. The van der Waals surface area contributed by atoms with E-state index >= 15 is 0 Å². The minimum absolute atomic E-state index is 0.150. The average molecular weight is 309 g/mol. The molecule has 0 fully saturated rings. The number of benzene rings is 1. The number of nitrogens with one attached hydrogen (secondary N) is 1. The molecular formula is C13H19N5O2S. The molecule has 2 aromatic rings. The van der Waals surface area contributed by atoms with E-state index in [-0.39, 0.29) is 11.4 Å². The lowest BCUT2D eigenvalue weighted by atomic mass is 10.1. The molecule has 1 aromatic heterocycles. The average Bonchev–Trinajstić information content (AvgIpc) is 2.80. The minimum Gasteiger partial charge on any atom is -0.397 e. The van der Waals surface area contributed by atoms with Crippen LogP contribution in [-0.2, 0) is 23.5 Å². The highest BCUT2D eigenvalue weighted by atomic mass is 32.2. The van der Waals surface area contributed by atoms with Gasteiger partial charge in [-0.05, 0) is 25.0 Å². The van der Waals surface area contributed by atoms with Crippen molar-refractivity contribution in [2.45, 2.75) is 25.2 Å². The van der Waals surface area contributed by atoms with Gasteiger partial charge in [0.05, 0.1) is 5.69 Å². The summed E-state index contributed by atoms with van der Waals surface area (Å²) < 4.78 is 28.9. The number of nitrogen functional groups attached to an aromatic ring is 1. The fourth-order valence-electron chi connectivity index (χ4n) is 2.03. The predicted molar refractivity (Wildman–Crippen MR) is 80.2 cm³/mol. The largest absolute Gasteiger partial charge is 0.397 e. The van der Waals surface area contributed by atoms with Crippen molar-refractivity contribution < 1.29 is 8.42 Å². The Morgan fingerprint density at radius 2 is 1.95 bits per heavy atom. The summed E-state index contributed by atoms with van der Waals surface area (Å²) in [6.45, 7) is 3.73. The monoisotopic (exact) mass is 309 g/mol. The quantitative estimate of drug-likeness (QED) is 0.784. The molecule has 0 spiro atoms. The van der Waals surface area contributed by atoms with Crippen LogP contribution >= 0.6 is 0 Å². The van der Waals surface area contributed by atoms with Gasteiger partial charge in [0.2, 0.25) is 10.0 Å². The van der Waals surface area contributed by atoms with Crippen molar-refractivity contribution in [2.75, 3.05) is 12.3 Å². The zero-order valence-electron chi connectivity index (χ0n) is 12.3. The fraction of sp³-hybridized carbons (Fsp3) is 0.385. The highest BCUT2D eigenvalue weighted by Crippen LogP contribution is 2.25.